The summed E-state index contributed by atoms with van der Waals surface area (Å²) in [6, 6.07) is 7.65. The fourth-order valence-electron chi connectivity index (χ4n) is 4.89. The van der Waals surface area contributed by atoms with Gasteiger partial charge in [-0.1, -0.05) is 18.9 Å². The van der Waals surface area contributed by atoms with Gasteiger partial charge in [0.2, 0.25) is 11.7 Å². The summed E-state index contributed by atoms with van der Waals surface area (Å²) >= 11 is 0. The molecule has 0 radical (unpaired) electrons. The van der Waals surface area contributed by atoms with E-state index >= 15 is 0 Å². The average molecular weight is 532 g/mol. The molecule has 4 heterocycles. The van der Waals surface area contributed by atoms with E-state index < -0.39 is 6.10 Å². The number of rotatable bonds is 12. The van der Waals surface area contributed by atoms with Crippen LogP contribution >= 0.6 is 0 Å². The number of ether oxygens (including phenoxy) is 2. The summed E-state index contributed by atoms with van der Waals surface area (Å²) in [5.74, 6) is 1.27. The van der Waals surface area contributed by atoms with Crippen molar-refractivity contribution < 1.29 is 23.5 Å². The molecule has 10 nitrogen and oxygen atoms in total. The van der Waals surface area contributed by atoms with Crippen LogP contribution in [-0.4, -0.2) is 51.4 Å². The third kappa shape index (κ3) is 6.34. The number of pyridine rings is 1. The number of hydrogen-bond acceptors (Lipinski definition) is 8. The van der Waals surface area contributed by atoms with Crippen molar-refractivity contribution in [3.8, 4) is 17.0 Å². The van der Waals surface area contributed by atoms with Crippen LogP contribution in [0.3, 0.4) is 0 Å². The van der Waals surface area contributed by atoms with E-state index in [0.29, 0.717) is 43.9 Å². The minimum atomic E-state index is -0.433. The number of carbonyl (C=O) groups excluding carboxylic acids is 2. The van der Waals surface area contributed by atoms with E-state index in [1.165, 1.54) is 12.5 Å². The number of aryl methyl sites for hydroxylation is 1. The molecule has 39 heavy (non-hydrogen) atoms. The lowest BCUT2D eigenvalue weighted by molar-refractivity contribution is -0.131. The number of methoxy groups -OCH3 is 1. The Morgan fingerprint density at radius 2 is 2.10 bits per heavy atom. The highest BCUT2D eigenvalue weighted by molar-refractivity contribution is 5.91. The summed E-state index contributed by atoms with van der Waals surface area (Å²) in [6.45, 7) is 2.56. The molecule has 10 heteroatoms. The fraction of sp³-hybridized carbons (Fsp3) is 0.414. The molecule has 5 rings (SSSR count). The zero-order chi connectivity index (χ0) is 27.2. The van der Waals surface area contributed by atoms with Gasteiger partial charge in [0, 0.05) is 35.7 Å². The van der Waals surface area contributed by atoms with E-state index in [9.17, 15) is 9.59 Å². The van der Waals surface area contributed by atoms with Crippen LogP contribution in [0.1, 0.15) is 73.2 Å². The molecule has 0 saturated carbocycles. The molecule has 1 amide bonds. The molecular weight excluding hydrogens is 498 g/mol. The standard InChI is InChI=1S/C29H33N5O5/c1-18-10-11-19-15-20(26(37-2)16-22(19)32-18)23-17-31-27(33-23)21(34-28(36)25-9-6-13-38-25)7-4-3-5-8-24(35)29-30-12-14-39-29/h10-12,14-17,21,25H,3-9,13H2,1-2H3,(H,31,33)(H,34,36). The summed E-state index contributed by atoms with van der Waals surface area (Å²) in [5.41, 5.74) is 3.45. The highest BCUT2D eigenvalue weighted by Crippen LogP contribution is 2.34. The van der Waals surface area contributed by atoms with Crippen molar-refractivity contribution in [2.24, 2.45) is 0 Å². The van der Waals surface area contributed by atoms with Crippen LogP contribution in [0.15, 0.2) is 47.3 Å². The number of aromatic nitrogens is 4. The van der Waals surface area contributed by atoms with Crippen LogP contribution < -0.4 is 10.1 Å². The number of aromatic amines is 1. The quantitative estimate of drug-likeness (QED) is 0.191. The molecule has 2 N–H and O–H groups in total. The number of oxazole rings is 1. The zero-order valence-corrected chi connectivity index (χ0v) is 22.2. The van der Waals surface area contributed by atoms with Crippen molar-refractivity contribution >= 4 is 22.6 Å². The number of imidazole rings is 1. The smallest absolute Gasteiger partial charge is 0.263 e. The monoisotopic (exact) mass is 531 g/mol. The predicted molar refractivity (Wildman–Crippen MR) is 144 cm³/mol. The summed E-state index contributed by atoms with van der Waals surface area (Å²) < 4.78 is 16.3. The Kier molecular flexibility index (Phi) is 8.31. The maximum absolute atomic E-state index is 12.9. The second kappa shape index (κ2) is 12.2. The topological polar surface area (TPSA) is 132 Å². The molecule has 1 aliphatic rings. The summed E-state index contributed by atoms with van der Waals surface area (Å²) in [5, 5.41) is 4.13. The van der Waals surface area contributed by atoms with Gasteiger partial charge >= 0.3 is 0 Å². The summed E-state index contributed by atoms with van der Waals surface area (Å²) in [7, 11) is 1.63. The number of ketones is 1. The van der Waals surface area contributed by atoms with Gasteiger partial charge in [-0.2, -0.15) is 0 Å². The largest absolute Gasteiger partial charge is 0.496 e. The van der Waals surface area contributed by atoms with Crippen LogP contribution in [0.4, 0.5) is 0 Å². The Labute approximate surface area is 226 Å². The van der Waals surface area contributed by atoms with Gasteiger partial charge in [0.05, 0.1) is 36.8 Å². The number of benzene rings is 1. The third-order valence-electron chi connectivity index (χ3n) is 6.97. The fourth-order valence-corrected chi connectivity index (χ4v) is 4.89. The number of carbonyl (C=O) groups is 2. The van der Waals surface area contributed by atoms with E-state index in [-0.39, 0.29) is 23.6 Å². The van der Waals surface area contributed by atoms with Crippen molar-refractivity contribution in [2.75, 3.05) is 13.7 Å². The average Bonchev–Trinajstić information content (AvgIpc) is 3.74. The maximum Gasteiger partial charge on any atom is 0.263 e. The minimum absolute atomic E-state index is 0.103. The molecule has 1 aromatic carbocycles. The number of nitrogens with one attached hydrogen (secondary N) is 2. The van der Waals surface area contributed by atoms with E-state index in [0.717, 1.165) is 47.1 Å². The van der Waals surface area contributed by atoms with Gasteiger partial charge in [0.25, 0.3) is 5.89 Å². The SMILES string of the molecule is COc1cc2nc(C)ccc2cc1-c1cnc(C(CCCCCC(=O)c2ncco2)NC(=O)C2CCCO2)[nH]1. The van der Waals surface area contributed by atoms with Crippen LogP contribution in [-0.2, 0) is 9.53 Å². The lowest BCUT2D eigenvalue weighted by Crippen LogP contribution is -2.37. The molecule has 4 aromatic rings. The Balaban J connectivity index is 1.30. The van der Waals surface area contributed by atoms with Gasteiger partial charge in [0.1, 0.15) is 23.9 Å². The van der Waals surface area contributed by atoms with E-state index in [2.05, 4.69) is 25.3 Å². The third-order valence-corrected chi connectivity index (χ3v) is 6.97. The minimum Gasteiger partial charge on any atom is -0.496 e. The first kappa shape index (κ1) is 26.6. The molecular formula is C29H33N5O5. The highest BCUT2D eigenvalue weighted by atomic mass is 16.5. The summed E-state index contributed by atoms with van der Waals surface area (Å²) in [4.78, 5) is 41.6. The molecule has 0 spiro atoms. The molecule has 3 aromatic heterocycles. The normalized spacial score (nSPS) is 15.9. The van der Waals surface area contributed by atoms with E-state index in [1.807, 2.05) is 31.2 Å². The predicted octanol–water partition coefficient (Wildman–Crippen LogP) is 5.10. The molecule has 204 valence electrons. The van der Waals surface area contributed by atoms with Crippen molar-refractivity contribution in [1.82, 2.24) is 25.3 Å². The lowest BCUT2D eigenvalue weighted by atomic mass is 10.0. The molecule has 0 bridgehead atoms. The first-order valence-electron chi connectivity index (χ1n) is 13.4. The highest BCUT2D eigenvalue weighted by Gasteiger charge is 2.27. The van der Waals surface area contributed by atoms with Gasteiger partial charge in [-0.25, -0.2) is 9.97 Å². The van der Waals surface area contributed by atoms with E-state index in [4.69, 9.17) is 13.9 Å². The van der Waals surface area contributed by atoms with Crippen molar-refractivity contribution in [2.45, 2.75) is 64.0 Å². The number of H-pyrrole nitrogens is 1. The Morgan fingerprint density at radius 1 is 1.21 bits per heavy atom. The number of Topliss-reactive ketones (excluding diaryl/α,β-unsaturated/α-hetero) is 1. The molecule has 1 fully saturated rings. The zero-order valence-electron chi connectivity index (χ0n) is 22.2. The number of unbranched alkanes of at least 4 members (excludes halogenated alkanes) is 2. The molecule has 0 aliphatic carbocycles. The lowest BCUT2D eigenvalue weighted by Gasteiger charge is -2.19. The van der Waals surface area contributed by atoms with Crippen molar-refractivity contribution in [1.29, 1.82) is 0 Å². The Bertz CT molecular complexity index is 1430. The van der Waals surface area contributed by atoms with Gasteiger partial charge in [0.15, 0.2) is 0 Å². The molecule has 1 saturated heterocycles. The second-order valence-corrected chi connectivity index (χ2v) is 9.80. The summed E-state index contributed by atoms with van der Waals surface area (Å²) in [6.07, 6.45) is 9.15. The number of amides is 1. The van der Waals surface area contributed by atoms with Gasteiger partial charge in [-0.3, -0.25) is 14.6 Å². The van der Waals surface area contributed by atoms with Crippen LogP contribution in [0.5, 0.6) is 5.75 Å². The van der Waals surface area contributed by atoms with Crippen LogP contribution in [0, 0.1) is 6.92 Å². The number of nitrogens with zero attached hydrogens (tertiary/aromatic N) is 3. The number of fused-ring (bicyclic) bond motifs is 1. The molecule has 1 aliphatic heterocycles. The van der Waals surface area contributed by atoms with Gasteiger partial charge in [-0.15, -0.1) is 0 Å². The first-order valence-corrected chi connectivity index (χ1v) is 13.4. The van der Waals surface area contributed by atoms with Crippen molar-refractivity contribution in [3.05, 3.63) is 60.3 Å². The van der Waals surface area contributed by atoms with Crippen molar-refractivity contribution in [3.63, 3.8) is 0 Å². The van der Waals surface area contributed by atoms with E-state index in [1.54, 1.807) is 13.3 Å². The maximum atomic E-state index is 12.9. The van der Waals surface area contributed by atoms with Crippen LogP contribution in [0.25, 0.3) is 22.2 Å². The van der Waals surface area contributed by atoms with Crippen LogP contribution in [0.2, 0.25) is 0 Å². The first-order chi connectivity index (χ1) is 19.0. The number of hydrogen-bond donors (Lipinski definition) is 2. The Hall–Kier alpha value is -4.05. The second-order valence-electron chi connectivity index (χ2n) is 9.80. The molecule has 2 atom stereocenters. The van der Waals surface area contributed by atoms with Gasteiger partial charge in [-0.05, 0) is 44.7 Å². The molecule has 2 unspecified atom stereocenters. The Morgan fingerprint density at radius 3 is 2.87 bits per heavy atom. The van der Waals surface area contributed by atoms with Gasteiger partial charge < -0.3 is 24.2 Å².